The molecule has 158 valence electrons. The zero-order valence-electron chi connectivity index (χ0n) is 16.8. The van der Waals surface area contributed by atoms with Crippen LogP contribution in [0.2, 0.25) is 5.02 Å². The SMILES string of the molecule is COc1cc(OC)c2sc(NC(=O)c3nc(C4CC4)n(-c4ccccc4Cl)n3)nc2c1. The zero-order chi connectivity index (χ0) is 21.5. The van der Waals surface area contributed by atoms with Gasteiger partial charge in [0, 0.05) is 18.1 Å². The monoisotopic (exact) mass is 455 g/mol. The number of nitrogens with one attached hydrogen (secondary N) is 1. The van der Waals surface area contributed by atoms with Gasteiger partial charge >= 0.3 is 0 Å². The minimum absolute atomic E-state index is 0.0746. The molecule has 1 amide bonds. The van der Waals surface area contributed by atoms with Crippen LogP contribution in [-0.4, -0.2) is 39.9 Å². The predicted molar refractivity (Wildman–Crippen MR) is 119 cm³/mol. The number of carbonyl (C=O) groups is 1. The Balaban J connectivity index is 1.47. The highest BCUT2D eigenvalue weighted by molar-refractivity contribution is 7.22. The van der Waals surface area contributed by atoms with Crippen LogP contribution in [0.1, 0.15) is 35.2 Å². The number of aromatic nitrogens is 4. The summed E-state index contributed by atoms with van der Waals surface area (Å²) in [6.45, 7) is 0. The van der Waals surface area contributed by atoms with Crippen LogP contribution in [-0.2, 0) is 0 Å². The van der Waals surface area contributed by atoms with Gasteiger partial charge in [-0.15, -0.1) is 5.10 Å². The van der Waals surface area contributed by atoms with Crippen LogP contribution < -0.4 is 14.8 Å². The number of rotatable bonds is 6. The number of nitrogens with zero attached hydrogens (tertiary/aromatic N) is 4. The molecule has 1 aliphatic rings. The van der Waals surface area contributed by atoms with Gasteiger partial charge in [-0.05, 0) is 25.0 Å². The number of para-hydroxylation sites is 1. The summed E-state index contributed by atoms with van der Waals surface area (Å²) in [5.41, 5.74) is 1.37. The number of halogens is 1. The van der Waals surface area contributed by atoms with E-state index in [1.54, 1.807) is 37.1 Å². The quantitative estimate of drug-likeness (QED) is 0.454. The number of methoxy groups -OCH3 is 2. The summed E-state index contributed by atoms with van der Waals surface area (Å²) in [6.07, 6.45) is 2.04. The maximum absolute atomic E-state index is 12.9. The molecule has 5 rings (SSSR count). The normalized spacial score (nSPS) is 13.4. The van der Waals surface area contributed by atoms with Crippen LogP contribution in [0.3, 0.4) is 0 Å². The number of hydrogen-bond donors (Lipinski definition) is 1. The Labute approximate surface area is 186 Å². The molecule has 1 aliphatic carbocycles. The first-order valence-electron chi connectivity index (χ1n) is 9.63. The average molecular weight is 456 g/mol. The van der Waals surface area contributed by atoms with Gasteiger partial charge in [-0.1, -0.05) is 35.1 Å². The lowest BCUT2D eigenvalue weighted by Crippen LogP contribution is -2.14. The Morgan fingerprint density at radius 2 is 2.00 bits per heavy atom. The number of carbonyl (C=O) groups excluding carboxylic acids is 1. The molecule has 2 aromatic carbocycles. The van der Waals surface area contributed by atoms with Crippen molar-refractivity contribution in [3.63, 3.8) is 0 Å². The van der Waals surface area contributed by atoms with E-state index in [9.17, 15) is 4.79 Å². The van der Waals surface area contributed by atoms with Crippen LogP contribution in [0.25, 0.3) is 15.9 Å². The van der Waals surface area contributed by atoms with E-state index in [0.29, 0.717) is 32.9 Å². The number of ether oxygens (including phenoxy) is 2. The molecule has 1 saturated carbocycles. The van der Waals surface area contributed by atoms with Gasteiger partial charge in [0.25, 0.3) is 5.91 Å². The third-order valence-electron chi connectivity index (χ3n) is 4.96. The third kappa shape index (κ3) is 3.70. The second-order valence-corrected chi connectivity index (χ2v) is 8.49. The largest absolute Gasteiger partial charge is 0.497 e. The van der Waals surface area contributed by atoms with Gasteiger partial charge < -0.3 is 9.47 Å². The first-order chi connectivity index (χ1) is 15.1. The summed E-state index contributed by atoms with van der Waals surface area (Å²) in [6, 6.07) is 10.9. The molecular weight excluding hydrogens is 438 g/mol. The van der Waals surface area contributed by atoms with Gasteiger partial charge in [-0.3, -0.25) is 10.1 Å². The molecule has 2 aromatic heterocycles. The molecule has 0 saturated heterocycles. The van der Waals surface area contributed by atoms with Crippen molar-refractivity contribution in [1.29, 1.82) is 0 Å². The summed E-state index contributed by atoms with van der Waals surface area (Å²) in [7, 11) is 3.16. The summed E-state index contributed by atoms with van der Waals surface area (Å²) < 4.78 is 13.2. The molecule has 0 radical (unpaired) electrons. The summed E-state index contributed by atoms with van der Waals surface area (Å²) in [5.74, 6) is 1.92. The first-order valence-corrected chi connectivity index (χ1v) is 10.8. The number of benzene rings is 2. The smallest absolute Gasteiger partial charge is 0.297 e. The number of anilines is 1. The summed E-state index contributed by atoms with van der Waals surface area (Å²) >= 11 is 7.67. The highest BCUT2D eigenvalue weighted by atomic mass is 35.5. The maximum Gasteiger partial charge on any atom is 0.297 e. The topological polar surface area (TPSA) is 91.2 Å². The van der Waals surface area contributed by atoms with Crippen molar-refractivity contribution in [3.8, 4) is 17.2 Å². The van der Waals surface area contributed by atoms with Gasteiger partial charge in [0.05, 0.1) is 35.1 Å². The molecule has 10 heteroatoms. The van der Waals surface area contributed by atoms with E-state index in [2.05, 4.69) is 20.4 Å². The molecule has 8 nitrogen and oxygen atoms in total. The predicted octanol–water partition coefficient (Wildman–Crippen LogP) is 4.68. The lowest BCUT2D eigenvalue weighted by Gasteiger charge is -2.06. The third-order valence-corrected chi connectivity index (χ3v) is 6.28. The Hall–Kier alpha value is -3.17. The number of amides is 1. The van der Waals surface area contributed by atoms with Crippen LogP contribution >= 0.6 is 22.9 Å². The van der Waals surface area contributed by atoms with E-state index >= 15 is 0 Å². The van der Waals surface area contributed by atoms with E-state index in [-0.39, 0.29) is 11.7 Å². The van der Waals surface area contributed by atoms with Crippen LogP contribution in [0, 0.1) is 0 Å². The van der Waals surface area contributed by atoms with Gasteiger partial charge in [0.2, 0.25) is 5.82 Å². The zero-order valence-corrected chi connectivity index (χ0v) is 18.3. The molecule has 2 heterocycles. The molecule has 0 atom stereocenters. The minimum atomic E-state index is -0.433. The summed E-state index contributed by atoms with van der Waals surface area (Å²) in [5, 5.41) is 8.23. The van der Waals surface area contributed by atoms with Crippen LogP contribution in [0.4, 0.5) is 5.13 Å². The van der Waals surface area contributed by atoms with Gasteiger partial charge in [0.1, 0.15) is 17.3 Å². The Bertz CT molecular complexity index is 1300. The maximum atomic E-state index is 12.9. The fourth-order valence-electron chi connectivity index (χ4n) is 3.28. The molecule has 0 bridgehead atoms. The lowest BCUT2D eigenvalue weighted by atomic mass is 10.3. The van der Waals surface area contributed by atoms with E-state index in [1.807, 2.05) is 18.2 Å². The van der Waals surface area contributed by atoms with E-state index in [4.69, 9.17) is 21.1 Å². The Morgan fingerprint density at radius 1 is 1.19 bits per heavy atom. The number of hydrogen-bond acceptors (Lipinski definition) is 7. The Kier molecular flexibility index (Phi) is 4.99. The standard InChI is InChI=1S/C21H18ClN5O3S/c1-29-12-9-14-17(16(10-12)30-2)31-21(23-14)25-20(28)18-24-19(11-7-8-11)27(26-18)15-6-4-3-5-13(15)22/h3-6,9-11H,7-8H2,1-2H3,(H,23,25,28). The second kappa shape index (κ2) is 7.82. The van der Waals surface area contributed by atoms with Crippen molar-refractivity contribution >= 4 is 44.2 Å². The van der Waals surface area contributed by atoms with Crippen LogP contribution in [0.15, 0.2) is 36.4 Å². The van der Waals surface area contributed by atoms with Crippen molar-refractivity contribution < 1.29 is 14.3 Å². The minimum Gasteiger partial charge on any atom is -0.497 e. The first kappa shape index (κ1) is 19.8. The van der Waals surface area contributed by atoms with Gasteiger partial charge in [-0.2, -0.15) is 0 Å². The summed E-state index contributed by atoms with van der Waals surface area (Å²) in [4.78, 5) is 21.9. The van der Waals surface area contributed by atoms with Gasteiger partial charge in [-0.25, -0.2) is 14.6 Å². The van der Waals surface area contributed by atoms with E-state index < -0.39 is 5.91 Å². The molecule has 1 N–H and O–H groups in total. The molecule has 0 spiro atoms. The molecule has 0 aliphatic heterocycles. The second-order valence-electron chi connectivity index (χ2n) is 7.08. The highest BCUT2D eigenvalue weighted by Crippen LogP contribution is 2.41. The average Bonchev–Trinajstić information content (AvgIpc) is 3.39. The fraction of sp³-hybridized carbons (Fsp3) is 0.238. The van der Waals surface area contributed by atoms with Crippen molar-refractivity contribution in [1.82, 2.24) is 19.7 Å². The highest BCUT2D eigenvalue weighted by Gasteiger charge is 2.32. The Morgan fingerprint density at radius 3 is 2.71 bits per heavy atom. The number of thiazole rings is 1. The van der Waals surface area contributed by atoms with Crippen LogP contribution in [0.5, 0.6) is 11.5 Å². The molecule has 31 heavy (non-hydrogen) atoms. The fourth-order valence-corrected chi connectivity index (χ4v) is 4.43. The molecular formula is C21H18ClN5O3S. The van der Waals surface area contributed by atoms with Crippen molar-refractivity contribution in [3.05, 3.63) is 53.1 Å². The van der Waals surface area contributed by atoms with Crippen molar-refractivity contribution in [2.75, 3.05) is 19.5 Å². The van der Waals surface area contributed by atoms with E-state index in [0.717, 1.165) is 23.4 Å². The molecule has 4 aromatic rings. The van der Waals surface area contributed by atoms with Gasteiger partial charge in [0.15, 0.2) is 5.13 Å². The van der Waals surface area contributed by atoms with E-state index in [1.165, 1.54) is 11.3 Å². The number of fused-ring (bicyclic) bond motifs is 1. The van der Waals surface area contributed by atoms with Crippen molar-refractivity contribution in [2.45, 2.75) is 18.8 Å². The molecule has 1 fully saturated rings. The van der Waals surface area contributed by atoms with Crippen molar-refractivity contribution in [2.24, 2.45) is 0 Å². The lowest BCUT2D eigenvalue weighted by molar-refractivity contribution is 0.101. The molecule has 0 unspecified atom stereocenters.